The molecule has 1 heterocycles. The lowest BCUT2D eigenvalue weighted by atomic mass is 10.3. The predicted molar refractivity (Wildman–Crippen MR) is 56.4 cm³/mol. The van der Waals surface area contributed by atoms with Crippen LogP contribution in [0.3, 0.4) is 0 Å². The van der Waals surface area contributed by atoms with E-state index in [4.69, 9.17) is 9.47 Å². The van der Waals surface area contributed by atoms with E-state index in [-0.39, 0.29) is 6.61 Å². The van der Waals surface area contributed by atoms with Gasteiger partial charge in [0.05, 0.1) is 19.8 Å². The van der Waals surface area contributed by atoms with Crippen LogP contribution in [0.15, 0.2) is 4.60 Å². The Kier molecular flexibility index (Phi) is 5.16. The molecule has 0 saturated heterocycles. The summed E-state index contributed by atoms with van der Waals surface area (Å²) in [5.74, 6) is 0. The highest BCUT2D eigenvalue weighted by Crippen LogP contribution is 2.20. The van der Waals surface area contributed by atoms with Gasteiger partial charge in [-0.2, -0.15) is 0 Å². The van der Waals surface area contributed by atoms with Gasteiger partial charge in [-0.25, -0.2) is 4.68 Å². The molecule has 0 radical (unpaired) electrons. The predicted octanol–water partition coefficient (Wildman–Crippen LogP) is 0.274. The van der Waals surface area contributed by atoms with Crippen molar-refractivity contribution in [3.8, 4) is 0 Å². The second kappa shape index (κ2) is 6.16. The van der Waals surface area contributed by atoms with Crippen LogP contribution < -0.4 is 0 Å². The molecular weight excluding hydrogens is 266 g/mol. The molecule has 7 heteroatoms. The van der Waals surface area contributed by atoms with Crippen LogP contribution >= 0.6 is 15.9 Å². The zero-order valence-electron chi connectivity index (χ0n) is 8.68. The van der Waals surface area contributed by atoms with Crippen molar-refractivity contribution in [1.29, 1.82) is 0 Å². The van der Waals surface area contributed by atoms with E-state index >= 15 is 0 Å². The molecular formula is C8H14BrN3O3. The van der Waals surface area contributed by atoms with Crippen molar-refractivity contribution >= 4 is 15.9 Å². The lowest BCUT2D eigenvalue weighted by Gasteiger charge is -2.11. The quantitative estimate of drug-likeness (QED) is 0.758. The Morgan fingerprint density at radius 3 is 2.80 bits per heavy atom. The summed E-state index contributed by atoms with van der Waals surface area (Å²) in [6.45, 7) is 1.16. The van der Waals surface area contributed by atoms with Crippen molar-refractivity contribution in [1.82, 2.24) is 15.0 Å². The summed E-state index contributed by atoms with van der Waals surface area (Å²) < 4.78 is 12.1. The molecule has 0 spiro atoms. The lowest BCUT2D eigenvalue weighted by Crippen LogP contribution is -2.14. The van der Waals surface area contributed by atoms with Crippen molar-refractivity contribution in [2.24, 2.45) is 7.05 Å². The van der Waals surface area contributed by atoms with Gasteiger partial charge in [0, 0.05) is 14.2 Å². The number of aryl methyl sites for hydroxylation is 1. The summed E-state index contributed by atoms with van der Waals surface area (Å²) in [5.41, 5.74) is 0.604. The molecule has 0 saturated carbocycles. The average molecular weight is 280 g/mol. The summed E-state index contributed by atoms with van der Waals surface area (Å²) in [5, 5.41) is 17.3. The molecule has 0 bridgehead atoms. The van der Waals surface area contributed by atoms with Gasteiger partial charge in [-0.05, 0) is 15.9 Å². The molecule has 1 rings (SSSR count). The number of aliphatic hydroxyl groups is 1. The second-order valence-electron chi connectivity index (χ2n) is 2.97. The van der Waals surface area contributed by atoms with E-state index < -0.39 is 6.10 Å². The number of aromatic nitrogens is 3. The monoisotopic (exact) mass is 279 g/mol. The van der Waals surface area contributed by atoms with Crippen molar-refractivity contribution in [2.75, 3.05) is 26.9 Å². The molecule has 0 amide bonds. The molecule has 0 aromatic carbocycles. The van der Waals surface area contributed by atoms with Gasteiger partial charge in [-0.3, -0.25) is 0 Å². The number of nitrogens with zero attached hydrogens (tertiary/aromatic N) is 3. The first kappa shape index (κ1) is 12.6. The SMILES string of the molecule is COCCOCC(O)c1c(Br)nnn1C. The maximum absolute atomic E-state index is 9.77. The fourth-order valence-corrected chi connectivity index (χ4v) is 1.70. The van der Waals surface area contributed by atoms with E-state index in [2.05, 4.69) is 26.2 Å². The third kappa shape index (κ3) is 3.53. The van der Waals surface area contributed by atoms with E-state index in [1.165, 1.54) is 4.68 Å². The minimum atomic E-state index is -0.740. The molecule has 86 valence electrons. The Bertz CT molecular complexity index is 286. The number of methoxy groups -OCH3 is 1. The first-order chi connectivity index (χ1) is 7.16. The third-order valence-electron chi connectivity index (χ3n) is 1.85. The number of hydrogen-bond acceptors (Lipinski definition) is 5. The normalized spacial score (nSPS) is 13.1. The zero-order valence-corrected chi connectivity index (χ0v) is 10.3. The molecule has 1 N–H and O–H groups in total. The van der Waals surface area contributed by atoms with Crippen LogP contribution in [-0.2, 0) is 16.5 Å². The molecule has 1 atom stereocenters. The Balaban J connectivity index is 2.43. The van der Waals surface area contributed by atoms with E-state index in [1.54, 1.807) is 14.2 Å². The van der Waals surface area contributed by atoms with E-state index in [1.807, 2.05) is 0 Å². The van der Waals surface area contributed by atoms with Crippen LogP contribution in [0.4, 0.5) is 0 Å². The number of rotatable bonds is 6. The fourth-order valence-electron chi connectivity index (χ4n) is 1.11. The van der Waals surface area contributed by atoms with Crippen LogP contribution in [0.25, 0.3) is 0 Å². The first-order valence-corrected chi connectivity index (χ1v) is 5.26. The van der Waals surface area contributed by atoms with Gasteiger partial charge in [0.15, 0.2) is 4.60 Å². The van der Waals surface area contributed by atoms with Gasteiger partial charge >= 0.3 is 0 Å². The van der Waals surface area contributed by atoms with Gasteiger partial charge in [0.1, 0.15) is 11.8 Å². The first-order valence-electron chi connectivity index (χ1n) is 4.46. The van der Waals surface area contributed by atoms with Crippen LogP contribution in [0.1, 0.15) is 11.8 Å². The maximum atomic E-state index is 9.77. The molecule has 0 aliphatic heterocycles. The summed E-state index contributed by atoms with van der Waals surface area (Å²) in [7, 11) is 3.31. The zero-order chi connectivity index (χ0) is 11.3. The molecule has 0 aliphatic rings. The molecule has 1 unspecified atom stereocenters. The topological polar surface area (TPSA) is 69.4 Å². The molecule has 6 nitrogen and oxygen atoms in total. The van der Waals surface area contributed by atoms with Gasteiger partial charge < -0.3 is 14.6 Å². The van der Waals surface area contributed by atoms with Crippen molar-refractivity contribution in [2.45, 2.75) is 6.10 Å². The van der Waals surface area contributed by atoms with E-state index in [9.17, 15) is 5.11 Å². The largest absolute Gasteiger partial charge is 0.384 e. The molecule has 1 aromatic heterocycles. The summed E-state index contributed by atoms with van der Waals surface area (Å²) in [6, 6.07) is 0. The number of hydrogen-bond donors (Lipinski definition) is 1. The third-order valence-corrected chi connectivity index (χ3v) is 2.41. The van der Waals surface area contributed by atoms with Crippen LogP contribution in [-0.4, -0.2) is 47.0 Å². The Morgan fingerprint density at radius 2 is 2.27 bits per heavy atom. The highest BCUT2D eigenvalue weighted by molar-refractivity contribution is 9.10. The maximum Gasteiger partial charge on any atom is 0.154 e. The van der Waals surface area contributed by atoms with Crippen molar-refractivity contribution in [3.05, 3.63) is 10.3 Å². The lowest BCUT2D eigenvalue weighted by molar-refractivity contribution is 0.00945. The average Bonchev–Trinajstić information content (AvgIpc) is 2.53. The smallest absolute Gasteiger partial charge is 0.154 e. The minimum absolute atomic E-state index is 0.198. The highest BCUT2D eigenvalue weighted by Gasteiger charge is 2.17. The van der Waals surface area contributed by atoms with E-state index in [0.717, 1.165) is 0 Å². The fraction of sp³-hybridized carbons (Fsp3) is 0.750. The van der Waals surface area contributed by atoms with Crippen LogP contribution in [0, 0.1) is 0 Å². The standard InChI is InChI=1S/C8H14BrN3O3/c1-12-7(8(9)10-11-12)6(13)5-15-4-3-14-2/h6,13H,3-5H2,1-2H3. The Hall–Kier alpha value is -0.500. The van der Waals surface area contributed by atoms with Gasteiger partial charge in [-0.1, -0.05) is 5.21 Å². The Morgan fingerprint density at radius 1 is 1.53 bits per heavy atom. The molecule has 1 aromatic rings. The molecule has 15 heavy (non-hydrogen) atoms. The van der Waals surface area contributed by atoms with Crippen LogP contribution in [0.2, 0.25) is 0 Å². The van der Waals surface area contributed by atoms with Crippen molar-refractivity contribution < 1.29 is 14.6 Å². The second-order valence-corrected chi connectivity index (χ2v) is 3.72. The summed E-state index contributed by atoms with van der Waals surface area (Å²) in [6.07, 6.45) is -0.740. The van der Waals surface area contributed by atoms with Crippen LogP contribution in [0.5, 0.6) is 0 Å². The molecule has 0 aliphatic carbocycles. The van der Waals surface area contributed by atoms with Gasteiger partial charge in [-0.15, -0.1) is 5.10 Å². The van der Waals surface area contributed by atoms with Gasteiger partial charge in [0.25, 0.3) is 0 Å². The van der Waals surface area contributed by atoms with Gasteiger partial charge in [0.2, 0.25) is 0 Å². The number of aliphatic hydroxyl groups excluding tert-OH is 1. The minimum Gasteiger partial charge on any atom is -0.384 e. The van der Waals surface area contributed by atoms with E-state index in [0.29, 0.717) is 23.5 Å². The molecule has 0 fully saturated rings. The van der Waals surface area contributed by atoms with Crippen molar-refractivity contribution in [3.63, 3.8) is 0 Å². The number of halogens is 1. The summed E-state index contributed by atoms with van der Waals surface area (Å²) in [4.78, 5) is 0. The Labute approximate surface area is 96.3 Å². The summed E-state index contributed by atoms with van der Waals surface area (Å²) >= 11 is 3.21. The number of ether oxygens (including phenoxy) is 2. The highest BCUT2D eigenvalue weighted by atomic mass is 79.9.